The number of amides is 1. The molecule has 0 saturated heterocycles. The molecule has 30 heavy (non-hydrogen) atoms. The number of hydrogen-bond acceptors (Lipinski definition) is 4. The maximum atomic E-state index is 13.1. The monoisotopic (exact) mass is 424 g/mol. The maximum absolute atomic E-state index is 13.1. The van der Waals surface area contributed by atoms with Gasteiger partial charge in [0.25, 0.3) is 5.91 Å². The van der Waals surface area contributed by atoms with E-state index in [0.29, 0.717) is 12.2 Å². The summed E-state index contributed by atoms with van der Waals surface area (Å²) in [5.41, 5.74) is 2.68. The smallest absolute Gasteiger partial charge is 0.252 e. The van der Waals surface area contributed by atoms with Gasteiger partial charge in [0.2, 0.25) is 10.0 Å². The summed E-state index contributed by atoms with van der Waals surface area (Å²) < 4.78 is 28.9. The molecule has 1 amide bonds. The number of ether oxygens (including phenoxy) is 1. The van der Waals surface area contributed by atoms with Crippen LogP contribution >= 0.6 is 0 Å². The Bertz CT molecular complexity index is 1130. The SMILES string of the molecule is CCOc1ccc(C(NC(=O)c2cc(S(N)(=O)=O)ccc2C)c2ccccc2)cc1. The van der Waals surface area contributed by atoms with Gasteiger partial charge in [-0.3, -0.25) is 4.79 Å². The molecule has 7 heteroatoms. The van der Waals surface area contributed by atoms with Gasteiger partial charge in [0, 0.05) is 5.56 Å². The fourth-order valence-electron chi connectivity index (χ4n) is 3.16. The van der Waals surface area contributed by atoms with E-state index in [2.05, 4.69) is 5.32 Å². The third-order valence-corrected chi connectivity index (χ3v) is 5.63. The van der Waals surface area contributed by atoms with Gasteiger partial charge < -0.3 is 10.1 Å². The number of aryl methyl sites for hydroxylation is 1. The molecule has 0 spiro atoms. The van der Waals surface area contributed by atoms with Crippen molar-refractivity contribution < 1.29 is 17.9 Å². The molecule has 0 aliphatic rings. The Morgan fingerprint density at radius 1 is 1.00 bits per heavy atom. The lowest BCUT2D eigenvalue weighted by Crippen LogP contribution is -2.30. The van der Waals surface area contributed by atoms with Crippen LogP contribution in [-0.4, -0.2) is 20.9 Å². The van der Waals surface area contributed by atoms with E-state index in [1.54, 1.807) is 13.0 Å². The lowest BCUT2D eigenvalue weighted by molar-refractivity contribution is 0.0942. The molecule has 3 rings (SSSR count). The molecule has 0 saturated carbocycles. The van der Waals surface area contributed by atoms with Crippen molar-refractivity contribution in [3.63, 3.8) is 0 Å². The van der Waals surface area contributed by atoms with Crippen molar-refractivity contribution in [3.05, 3.63) is 95.1 Å². The molecular formula is C23H24N2O4S. The van der Waals surface area contributed by atoms with E-state index >= 15 is 0 Å². The van der Waals surface area contributed by atoms with E-state index in [-0.39, 0.29) is 16.4 Å². The van der Waals surface area contributed by atoms with Gasteiger partial charge in [0.05, 0.1) is 17.5 Å². The fraction of sp³-hybridized carbons (Fsp3) is 0.174. The number of rotatable bonds is 7. The fourth-order valence-corrected chi connectivity index (χ4v) is 3.70. The van der Waals surface area contributed by atoms with Gasteiger partial charge >= 0.3 is 0 Å². The van der Waals surface area contributed by atoms with Crippen LogP contribution in [0.2, 0.25) is 0 Å². The Balaban J connectivity index is 1.97. The van der Waals surface area contributed by atoms with Gasteiger partial charge in [-0.25, -0.2) is 13.6 Å². The van der Waals surface area contributed by atoms with Crippen molar-refractivity contribution in [2.24, 2.45) is 5.14 Å². The molecule has 1 unspecified atom stereocenters. The third kappa shape index (κ3) is 5.06. The second-order valence-electron chi connectivity index (χ2n) is 6.84. The number of primary sulfonamides is 1. The molecular weight excluding hydrogens is 400 g/mol. The number of carbonyl (C=O) groups is 1. The summed E-state index contributed by atoms with van der Waals surface area (Å²) in [5, 5.41) is 8.25. The van der Waals surface area contributed by atoms with Crippen LogP contribution in [0.5, 0.6) is 5.75 Å². The summed E-state index contributed by atoms with van der Waals surface area (Å²) in [6.07, 6.45) is 0. The molecule has 0 heterocycles. The van der Waals surface area contributed by atoms with E-state index in [1.165, 1.54) is 12.1 Å². The van der Waals surface area contributed by atoms with Crippen molar-refractivity contribution in [3.8, 4) is 5.75 Å². The summed E-state index contributed by atoms with van der Waals surface area (Å²) in [7, 11) is -3.91. The summed E-state index contributed by atoms with van der Waals surface area (Å²) in [6.45, 7) is 4.23. The van der Waals surface area contributed by atoms with Crippen LogP contribution in [0.1, 0.15) is 40.0 Å². The van der Waals surface area contributed by atoms with Crippen LogP contribution in [0.15, 0.2) is 77.7 Å². The quantitative estimate of drug-likeness (QED) is 0.606. The molecule has 3 N–H and O–H groups in total. The first-order valence-electron chi connectivity index (χ1n) is 9.51. The average Bonchev–Trinajstić information content (AvgIpc) is 2.73. The number of sulfonamides is 1. The largest absolute Gasteiger partial charge is 0.494 e. The Labute approximate surface area is 176 Å². The highest BCUT2D eigenvalue weighted by atomic mass is 32.2. The van der Waals surface area contributed by atoms with Crippen molar-refractivity contribution in [1.82, 2.24) is 5.32 Å². The predicted molar refractivity (Wildman–Crippen MR) is 116 cm³/mol. The molecule has 0 radical (unpaired) electrons. The predicted octanol–water partition coefficient (Wildman–Crippen LogP) is 3.56. The zero-order valence-corrected chi connectivity index (χ0v) is 17.6. The van der Waals surface area contributed by atoms with E-state index in [4.69, 9.17) is 9.88 Å². The Morgan fingerprint density at radius 2 is 1.63 bits per heavy atom. The number of carbonyl (C=O) groups excluding carboxylic acids is 1. The average molecular weight is 425 g/mol. The topological polar surface area (TPSA) is 98.5 Å². The molecule has 3 aromatic rings. The van der Waals surface area contributed by atoms with Crippen molar-refractivity contribution in [2.75, 3.05) is 6.61 Å². The van der Waals surface area contributed by atoms with Crippen molar-refractivity contribution in [2.45, 2.75) is 24.8 Å². The highest BCUT2D eigenvalue weighted by Gasteiger charge is 2.20. The highest BCUT2D eigenvalue weighted by Crippen LogP contribution is 2.25. The second-order valence-corrected chi connectivity index (χ2v) is 8.40. The number of benzene rings is 3. The van der Waals surface area contributed by atoms with Gasteiger partial charge in [0.15, 0.2) is 0 Å². The first-order chi connectivity index (χ1) is 14.3. The van der Waals surface area contributed by atoms with Gasteiger partial charge in [0.1, 0.15) is 5.75 Å². The van der Waals surface area contributed by atoms with Crippen LogP contribution in [0.3, 0.4) is 0 Å². The Morgan fingerprint density at radius 3 is 2.23 bits per heavy atom. The second kappa shape index (κ2) is 9.11. The molecule has 156 valence electrons. The highest BCUT2D eigenvalue weighted by molar-refractivity contribution is 7.89. The Kier molecular flexibility index (Phi) is 6.54. The molecule has 6 nitrogen and oxygen atoms in total. The molecule has 0 aliphatic carbocycles. The lowest BCUT2D eigenvalue weighted by Gasteiger charge is -2.21. The zero-order valence-electron chi connectivity index (χ0n) is 16.8. The van der Waals surface area contributed by atoms with E-state index in [1.807, 2.05) is 61.5 Å². The summed E-state index contributed by atoms with van der Waals surface area (Å²) in [4.78, 5) is 13.0. The molecule has 0 fully saturated rings. The zero-order chi connectivity index (χ0) is 21.7. The van der Waals surface area contributed by atoms with Crippen LogP contribution in [-0.2, 0) is 10.0 Å². The summed E-state index contributed by atoms with van der Waals surface area (Å²) in [5.74, 6) is 0.358. The van der Waals surface area contributed by atoms with E-state index < -0.39 is 16.1 Å². The lowest BCUT2D eigenvalue weighted by atomic mass is 9.97. The molecule has 0 bridgehead atoms. The minimum atomic E-state index is -3.91. The summed E-state index contributed by atoms with van der Waals surface area (Å²) >= 11 is 0. The maximum Gasteiger partial charge on any atom is 0.252 e. The third-order valence-electron chi connectivity index (χ3n) is 4.71. The van der Waals surface area contributed by atoms with Crippen LogP contribution in [0.25, 0.3) is 0 Å². The molecule has 1 atom stereocenters. The first kappa shape index (κ1) is 21.5. The summed E-state index contributed by atoms with van der Waals surface area (Å²) in [6, 6.07) is 20.9. The van der Waals surface area contributed by atoms with Crippen LogP contribution < -0.4 is 15.2 Å². The van der Waals surface area contributed by atoms with E-state index in [9.17, 15) is 13.2 Å². The number of hydrogen-bond donors (Lipinski definition) is 2. The number of nitrogens with two attached hydrogens (primary N) is 1. The van der Waals surface area contributed by atoms with Gasteiger partial charge in [-0.15, -0.1) is 0 Å². The van der Waals surface area contributed by atoms with E-state index in [0.717, 1.165) is 16.9 Å². The van der Waals surface area contributed by atoms with Crippen LogP contribution in [0.4, 0.5) is 0 Å². The van der Waals surface area contributed by atoms with Gasteiger partial charge in [-0.2, -0.15) is 0 Å². The first-order valence-corrected chi connectivity index (χ1v) is 11.1. The standard InChI is InChI=1S/C23H24N2O4S/c1-3-29-19-12-10-18(11-13-19)22(17-7-5-4-6-8-17)25-23(26)21-15-20(30(24,27)28)14-9-16(21)2/h4-15,22H,3H2,1-2H3,(H,25,26)(H2,24,27,28). The van der Waals surface area contributed by atoms with Gasteiger partial charge in [-0.1, -0.05) is 48.5 Å². The van der Waals surface area contributed by atoms with Crippen molar-refractivity contribution >= 4 is 15.9 Å². The van der Waals surface area contributed by atoms with Crippen LogP contribution in [0, 0.1) is 6.92 Å². The molecule has 3 aromatic carbocycles. The minimum Gasteiger partial charge on any atom is -0.494 e. The molecule has 0 aromatic heterocycles. The van der Waals surface area contributed by atoms with Gasteiger partial charge in [-0.05, 0) is 54.8 Å². The number of nitrogens with one attached hydrogen (secondary N) is 1. The van der Waals surface area contributed by atoms with Crippen molar-refractivity contribution in [1.29, 1.82) is 0 Å². The Hall–Kier alpha value is -3.16. The minimum absolute atomic E-state index is 0.101. The molecule has 0 aliphatic heterocycles. The normalized spacial score (nSPS) is 12.2.